The van der Waals surface area contributed by atoms with Crippen LogP contribution in [0.25, 0.3) is 10.9 Å². The molecule has 0 saturated carbocycles. The van der Waals surface area contributed by atoms with Gasteiger partial charge in [0.1, 0.15) is 5.69 Å². The molecule has 3 N–H and O–H groups in total. The predicted octanol–water partition coefficient (Wildman–Crippen LogP) is 3.81. The quantitative estimate of drug-likeness (QED) is 0.702. The number of fused-ring (bicyclic) bond motifs is 1. The van der Waals surface area contributed by atoms with Gasteiger partial charge < -0.3 is 15.7 Å². The predicted molar refractivity (Wildman–Crippen MR) is 95.1 cm³/mol. The van der Waals surface area contributed by atoms with Crippen LogP contribution in [0.3, 0.4) is 0 Å². The van der Waals surface area contributed by atoms with E-state index in [9.17, 15) is 9.90 Å². The summed E-state index contributed by atoms with van der Waals surface area (Å²) in [5.74, 6) is -0.113. The first-order valence-electron chi connectivity index (χ1n) is 7.66. The molecule has 0 unspecified atom stereocenters. The summed E-state index contributed by atoms with van der Waals surface area (Å²) in [7, 11) is 0. The summed E-state index contributed by atoms with van der Waals surface area (Å²) < 4.78 is 0. The molecule has 1 heterocycles. The van der Waals surface area contributed by atoms with Gasteiger partial charge in [-0.25, -0.2) is 4.98 Å². The summed E-state index contributed by atoms with van der Waals surface area (Å²) >= 11 is 6.27. The zero-order chi connectivity index (χ0) is 17.0. The zero-order valence-corrected chi connectivity index (χ0v) is 14.4. The summed E-state index contributed by atoms with van der Waals surface area (Å²) in [6.45, 7) is 5.67. The molecule has 1 amide bonds. The molecule has 1 aromatic heterocycles. The van der Waals surface area contributed by atoms with Crippen LogP contribution in [-0.4, -0.2) is 28.1 Å². The Hall–Kier alpha value is -1.85. The van der Waals surface area contributed by atoms with Gasteiger partial charge in [-0.05, 0) is 26.3 Å². The molecule has 0 aliphatic heterocycles. The van der Waals surface area contributed by atoms with Crippen molar-refractivity contribution >= 4 is 39.8 Å². The average molecular weight is 336 g/mol. The minimum atomic E-state index is -0.901. The number of anilines is 2. The van der Waals surface area contributed by atoms with Crippen molar-refractivity contribution in [2.45, 2.75) is 39.2 Å². The van der Waals surface area contributed by atoms with Gasteiger partial charge in [0.15, 0.2) is 5.15 Å². The molecule has 2 aromatic rings. The lowest BCUT2D eigenvalue weighted by atomic mass is 10.1. The first-order chi connectivity index (χ1) is 10.8. The number of amides is 1. The third-order valence-electron chi connectivity index (χ3n) is 3.29. The number of para-hydroxylation sites is 1. The fraction of sp³-hybridized carbons (Fsp3) is 0.412. The van der Waals surface area contributed by atoms with E-state index in [1.165, 1.54) is 0 Å². The molecule has 0 aliphatic carbocycles. The average Bonchev–Trinajstić information content (AvgIpc) is 2.46. The molecular weight excluding hydrogens is 314 g/mol. The van der Waals surface area contributed by atoms with Gasteiger partial charge in [0.2, 0.25) is 5.91 Å². The van der Waals surface area contributed by atoms with Crippen LogP contribution in [0.2, 0.25) is 5.15 Å². The van der Waals surface area contributed by atoms with E-state index >= 15 is 0 Å². The van der Waals surface area contributed by atoms with E-state index in [0.717, 1.165) is 17.3 Å². The molecule has 0 aliphatic rings. The van der Waals surface area contributed by atoms with Gasteiger partial charge in [-0.2, -0.15) is 0 Å². The van der Waals surface area contributed by atoms with Crippen molar-refractivity contribution in [3.8, 4) is 0 Å². The number of hydrogen-bond acceptors (Lipinski definition) is 4. The maximum absolute atomic E-state index is 12.0. The number of carbonyl (C=O) groups is 1. The van der Waals surface area contributed by atoms with E-state index < -0.39 is 5.60 Å². The lowest BCUT2D eigenvalue weighted by molar-refractivity contribution is -0.116. The number of aromatic nitrogens is 1. The zero-order valence-electron chi connectivity index (χ0n) is 13.6. The number of hydrogen-bond donors (Lipinski definition) is 3. The van der Waals surface area contributed by atoms with Crippen molar-refractivity contribution in [2.24, 2.45) is 0 Å². The highest BCUT2D eigenvalue weighted by Gasteiger charge is 2.19. The van der Waals surface area contributed by atoms with Crippen LogP contribution in [-0.2, 0) is 4.79 Å². The van der Waals surface area contributed by atoms with Gasteiger partial charge in [-0.1, -0.05) is 36.7 Å². The molecular formula is C17H22ClN3O2. The Bertz CT molecular complexity index is 711. The third kappa shape index (κ3) is 4.56. The van der Waals surface area contributed by atoms with Crippen LogP contribution < -0.4 is 10.6 Å². The Balaban J connectivity index is 2.49. The summed E-state index contributed by atoms with van der Waals surface area (Å²) in [4.78, 5) is 16.3. The number of nitrogens with one attached hydrogen (secondary N) is 2. The Labute approximate surface area is 141 Å². The van der Waals surface area contributed by atoms with E-state index in [1.807, 2.05) is 31.2 Å². The fourth-order valence-electron chi connectivity index (χ4n) is 2.21. The molecule has 0 atom stereocenters. The highest BCUT2D eigenvalue weighted by molar-refractivity contribution is 6.34. The van der Waals surface area contributed by atoms with Crippen LogP contribution in [0, 0.1) is 0 Å². The number of carbonyl (C=O) groups excluding carboxylic acids is 1. The topological polar surface area (TPSA) is 74.2 Å². The smallest absolute Gasteiger partial charge is 0.224 e. The highest BCUT2D eigenvalue weighted by atomic mass is 35.5. The normalized spacial score (nSPS) is 11.5. The van der Waals surface area contributed by atoms with Crippen LogP contribution in [0.1, 0.15) is 33.6 Å². The Morgan fingerprint density at radius 3 is 2.65 bits per heavy atom. The maximum Gasteiger partial charge on any atom is 0.224 e. The van der Waals surface area contributed by atoms with Gasteiger partial charge in [-0.3, -0.25) is 4.79 Å². The van der Waals surface area contributed by atoms with E-state index in [1.54, 1.807) is 13.8 Å². The minimum Gasteiger partial charge on any atom is -0.389 e. The second-order valence-electron chi connectivity index (χ2n) is 6.13. The Kier molecular flexibility index (Phi) is 5.44. The van der Waals surface area contributed by atoms with Crippen LogP contribution in [0.4, 0.5) is 11.4 Å². The Morgan fingerprint density at radius 2 is 2.00 bits per heavy atom. The fourth-order valence-corrected chi connectivity index (χ4v) is 2.45. The largest absolute Gasteiger partial charge is 0.389 e. The van der Waals surface area contributed by atoms with E-state index in [-0.39, 0.29) is 11.1 Å². The molecule has 2 rings (SSSR count). The summed E-state index contributed by atoms with van der Waals surface area (Å²) in [5, 5.41) is 17.1. The number of rotatable bonds is 6. The molecule has 0 radical (unpaired) electrons. The first kappa shape index (κ1) is 17.5. The van der Waals surface area contributed by atoms with Crippen LogP contribution in [0.15, 0.2) is 24.3 Å². The number of nitrogens with zero attached hydrogens (tertiary/aromatic N) is 1. The van der Waals surface area contributed by atoms with Crippen molar-refractivity contribution in [1.82, 2.24) is 4.98 Å². The van der Waals surface area contributed by atoms with Crippen molar-refractivity contribution in [2.75, 3.05) is 17.2 Å². The molecule has 124 valence electrons. The monoisotopic (exact) mass is 335 g/mol. The lowest BCUT2D eigenvalue weighted by Gasteiger charge is -2.22. The summed E-state index contributed by atoms with van der Waals surface area (Å²) in [6.07, 6.45) is 1.16. The molecule has 0 fully saturated rings. The van der Waals surface area contributed by atoms with Crippen LogP contribution >= 0.6 is 11.6 Å². The van der Waals surface area contributed by atoms with Gasteiger partial charge in [-0.15, -0.1) is 0 Å². The van der Waals surface area contributed by atoms with Crippen LogP contribution in [0.5, 0.6) is 0 Å². The van der Waals surface area contributed by atoms with Gasteiger partial charge >= 0.3 is 0 Å². The van der Waals surface area contributed by atoms with Gasteiger partial charge in [0.25, 0.3) is 0 Å². The number of benzene rings is 1. The molecule has 1 aromatic carbocycles. The van der Waals surface area contributed by atoms with E-state index in [2.05, 4.69) is 15.6 Å². The number of pyridine rings is 1. The minimum absolute atomic E-state index is 0.113. The van der Waals surface area contributed by atoms with Crippen molar-refractivity contribution in [3.05, 3.63) is 29.4 Å². The number of halogens is 1. The second-order valence-corrected chi connectivity index (χ2v) is 6.49. The first-order valence-corrected chi connectivity index (χ1v) is 8.04. The highest BCUT2D eigenvalue weighted by Crippen LogP contribution is 2.36. The molecule has 0 spiro atoms. The van der Waals surface area contributed by atoms with Gasteiger partial charge in [0.05, 0.1) is 16.8 Å². The van der Waals surface area contributed by atoms with Crippen molar-refractivity contribution in [1.29, 1.82) is 0 Å². The van der Waals surface area contributed by atoms with Crippen molar-refractivity contribution in [3.63, 3.8) is 0 Å². The van der Waals surface area contributed by atoms with Gasteiger partial charge in [0, 0.05) is 18.4 Å². The standard InChI is InChI=1S/C17H22ClN3O2/c1-4-7-13(22)21-15-14(19-10-17(2,3)23)11-8-5-6-9-12(11)20-16(15)18/h5-6,8-9,23H,4,7,10H2,1-3H3,(H,19,20)(H,21,22). The van der Waals surface area contributed by atoms with E-state index in [4.69, 9.17) is 11.6 Å². The lowest BCUT2D eigenvalue weighted by Crippen LogP contribution is -2.30. The SMILES string of the molecule is CCCC(=O)Nc1c(Cl)nc2ccccc2c1NCC(C)(C)O. The number of aliphatic hydroxyl groups is 1. The molecule has 0 bridgehead atoms. The van der Waals surface area contributed by atoms with Crippen molar-refractivity contribution < 1.29 is 9.90 Å². The molecule has 6 heteroatoms. The molecule has 0 saturated heterocycles. The summed E-state index contributed by atoms with van der Waals surface area (Å²) in [6, 6.07) is 7.53. The maximum atomic E-state index is 12.0. The van der Waals surface area contributed by atoms with E-state index in [0.29, 0.717) is 24.3 Å². The Morgan fingerprint density at radius 1 is 1.30 bits per heavy atom. The third-order valence-corrected chi connectivity index (χ3v) is 3.56. The second kappa shape index (κ2) is 7.15. The summed E-state index contributed by atoms with van der Waals surface area (Å²) in [5.41, 5.74) is 0.950. The molecule has 23 heavy (non-hydrogen) atoms. The molecule has 5 nitrogen and oxygen atoms in total.